The third kappa shape index (κ3) is 38.7. The molecule has 3 heteroatoms. The highest BCUT2D eigenvalue weighted by molar-refractivity contribution is 5.69. The number of esters is 1. The Labute approximate surface area is 218 Å². The Morgan fingerprint density at radius 3 is 1.18 bits per heavy atom. The van der Waals surface area contributed by atoms with Crippen molar-refractivity contribution in [2.45, 2.75) is 156 Å². The Balaban J connectivity index is -0.000000136. The van der Waals surface area contributed by atoms with Gasteiger partial charge in [-0.05, 0) is 22.7 Å². The number of hydrogen-bond acceptors (Lipinski definition) is 3. The zero-order valence-corrected chi connectivity index (χ0v) is 27.4. The molecule has 0 bridgehead atoms. The van der Waals surface area contributed by atoms with Crippen LogP contribution in [0.15, 0.2) is 0 Å². The molecule has 34 heavy (non-hydrogen) atoms. The minimum atomic E-state index is -0.106. The number of carbonyl (C=O) groups is 1. The monoisotopic (exact) mass is 491 g/mol. The predicted molar refractivity (Wildman–Crippen MR) is 157 cm³/mol. The first-order chi connectivity index (χ1) is 15.4. The van der Waals surface area contributed by atoms with Crippen LogP contribution in [0.5, 0.6) is 0 Å². The van der Waals surface area contributed by atoms with Gasteiger partial charge in [-0.25, -0.2) is 0 Å². The largest absolute Gasteiger partial charge is 0.465 e. The lowest BCUT2D eigenvalue weighted by molar-refractivity contribution is -0.148. The van der Waals surface area contributed by atoms with Gasteiger partial charge in [-0.2, -0.15) is 0 Å². The highest BCUT2D eigenvalue weighted by Gasteiger charge is 2.22. The lowest BCUT2D eigenvalue weighted by Crippen LogP contribution is -2.27. The molecule has 0 amide bonds. The van der Waals surface area contributed by atoms with E-state index in [-0.39, 0.29) is 16.8 Å². The fourth-order valence-corrected chi connectivity index (χ4v) is 1.65. The summed E-state index contributed by atoms with van der Waals surface area (Å²) in [7, 11) is 1.66. The van der Waals surface area contributed by atoms with Gasteiger partial charge < -0.3 is 9.47 Å². The fourth-order valence-electron chi connectivity index (χ4n) is 1.65. The van der Waals surface area contributed by atoms with Crippen molar-refractivity contribution >= 4 is 5.97 Å². The SMILES string of the molecule is CC.CC.CCC(C)(C)C.CCC(C)(C)CC.CCC(C)(C)CCC(=O)OCC(C)(C)COC. The average Bonchev–Trinajstić information content (AvgIpc) is 2.79. The van der Waals surface area contributed by atoms with Crippen molar-refractivity contribution in [3.8, 4) is 0 Å². The van der Waals surface area contributed by atoms with Crippen molar-refractivity contribution in [3.05, 3.63) is 0 Å². The summed E-state index contributed by atoms with van der Waals surface area (Å²) in [5.41, 5.74) is 1.24. The molecule has 0 aromatic carbocycles. The maximum Gasteiger partial charge on any atom is 0.305 e. The van der Waals surface area contributed by atoms with Crippen LogP contribution in [0.3, 0.4) is 0 Å². The lowest BCUT2D eigenvalue weighted by Gasteiger charge is -2.24. The van der Waals surface area contributed by atoms with Crippen LogP contribution in [0.25, 0.3) is 0 Å². The second-order valence-electron chi connectivity index (χ2n) is 12.1. The van der Waals surface area contributed by atoms with Gasteiger partial charge in [0.05, 0.1) is 13.2 Å². The van der Waals surface area contributed by atoms with E-state index in [9.17, 15) is 4.79 Å². The van der Waals surface area contributed by atoms with Crippen LogP contribution in [-0.2, 0) is 14.3 Å². The summed E-state index contributed by atoms with van der Waals surface area (Å²) in [5.74, 6) is -0.101. The van der Waals surface area contributed by atoms with Crippen LogP contribution in [0.1, 0.15) is 156 Å². The minimum absolute atomic E-state index is 0.101. The average molecular weight is 491 g/mol. The molecule has 212 valence electrons. The van der Waals surface area contributed by atoms with E-state index in [1.807, 2.05) is 41.5 Å². The van der Waals surface area contributed by atoms with Crippen molar-refractivity contribution in [1.29, 1.82) is 0 Å². The number of rotatable bonds is 10. The van der Waals surface area contributed by atoms with Gasteiger partial charge in [0.25, 0.3) is 0 Å². The molecule has 0 saturated heterocycles. The van der Waals surface area contributed by atoms with Crippen LogP contribution in [0.4, 0.5) is 0 Å². The van der Waals surface area contributed by atoms with E-state index in [0.29, 0.717) is 30.5 Å². The van der Waals surface area contributed by atoms with E-state index in [4.69, 9.17) is 9.47 Å². The Morgan fingerprint density at radius 1 is 0.588 bits per heavy atom. The molecule has 0 aliphatic carbocycles. The van der Waals surface area contributed by atoms with Crippen LogP contribution in [0, 0.1) is 21.7 Å². The van der Waals surface area contributed by atoms with E-state index in [1.165, 1.54) is 19.3 Å². The Hall–Kier alpha value is -0.570. The van der Waals surface area contributed by atoms with Gasteiger partial charge in [0.1, 0.15) is 0 Å². The molecule has 0 aromatic rings. The summed E-state index contributed by atoms with van der Waals surface area (Å²) in [6, 6.07) is 0. The molecule has 0 rings (SSSR count). The Bertz CT molecular complexity index is 409. The minimum Gasteiger partial charge on any atom is -0.465 e. The summed E-state index contributed by atoms with van der Waals surface area (Å²) in [6.45, 7) is 37.6. The number of ether oxygens (including phenoxy) is 2. The molecule has 0 fully saturated rings. The first kappa shape index (κ1) is 43.5. The van der Waals surface area contributed by atoms with Crippen molar-refractivity contribution in [1.82, 2.24) is 0 Å². The van der Waals surface area contributed by atoms with E-state index < -0.39 is 0 Å². The molecule has 0 radical (unpaired) electrons. The van der Waals surface area contributed by atoms with Crippen LogP contribution in [0.2, 0.25) is 0 Å². The molecule has 0 N–H and O–H groups in total. The summed E-state index contributed by atoms with van der Waals surface area (Å²) < 4.78 is 10.4. The first-order valence-corrected chi connectivity index (χ1v) is 14.1. The van der Waals surface area contributed by atoms with Gasteiger partial charge in [0.2, 0.25) is 0 Å². The quantitative estimate of drug-likeness (QED) is 0.286. The van der Waals surface area contributed by atoms with E-state index in [2.05, 4.69) is 76.2 Å². The van der Waals surface area contributed by atoms with Gasteiger partial charge in [0, 0.05) is 18.9 Å². The van der Waals surface area contributed by atoms with Crippen LogP contribution >= 0.6 is 0 Å². The smallest absolute Gasteiger partial charge is 0.305 e. The molecule has 0 spiro atoms. The zero-order chi connectivity index (χ0) is 28.6. The molecule has 0 atom stereocenters. The molecule has 0 unspecified atom stereocenters. The molecule has 0 heterocycles. The molecule has 0 saturated carbocycles. The third-order valence-electron chi connectivity index (χ3n) is 6.10. The summed E-state index contributed by atoms with van der Waals surface area (Å²) >= 11 is 0. The first-order valence-electron chi connectivity index (χ1n) is 14.1. The Kier molecular flexibility index (Phi) is 30.9. The maximum absolute atomic E-state index is 11.6. The molecule has 0 aliphatic rings. The summed E-state index contributed by atoms with van der Waals surface area (Å²) in [4.78, 5) is 11.6. The molecular weight excluding hydrogens is 420 g/mol. The van der Waals surface area contributed by atoms with Crippen LogP contribution < -0.4 is 0 Å². The lowest BCUT2D eigenvalue weighted by atomic mass is 9.85. The second-order valence-corrected chi connectivity index (χ2v) is 12.1. The second kappa shape index (κ2) is 24.1. The Morgan fingerprint density at radius 2 is 0.941 bits per heavy atom. The van der Waals surface area contributed by atoms with Crippen molar-refractivity contribution < 1.29 is 14.3 Å². The normalized spacial score (nSPS) is 11.2. The molecular formula is C31H70O3. The molecule has 0 aliphatic heterocycles. The topological polar surface area (TPSA) is 35.5 Å². The van der Waals surface area contributed by atoms with E-state index >= 15 is 0 Å². The van der Waals surface area contributed by atoms with Crippen molar-refractivity contribution in [2.24, 2.45) is 21.7 Å². The predicted octanol–water partition coefficient (Wildman–Crippen LogP) is 10.7. The molecule has 0 aromatic heterocycles. The summed E-state index contributed by atoms with van der Waals surface area (Å²) in [5, 5.41) is 0. The highest BCUT2D eigenvalue weighted by Crippen LogP contribution is 2.26. The van der Waals surface area contributed by atoms with E-state index in [1.54, 1.807) is 7.11 Å². The van der Waals surface area contributed by atoms with Crippen molar-refractivity contribution in [3.63, 3.8) is 0 Å². The van der Waals surface area contributed by atoms with Gasteiger partial charge in [0.15, 0.2) is 0 Å². The standard InChI is InChI=1S/C14H28O3.C7H16.C6H14.2C2H6/c1-7-13(2,3)9-8-12(15)17-11-14(4,5)10-16-6;1-5-7(3,4)6-2;1-5-6(2,3)4;2*1-2/h7-11H2,1-6H3;5-6H2,1-4H3;5H2,1-4H3;2*1-2H3. The van der Waals surface area contributed by atoms with Crippen LogP contribution in [-0.4, -0.2) is 26.3 Å². The van der Waals surface area contributed by atoms with Gasteiger partial charge in [-0.3, -0.25) is 4.79 Å². The highest BCUT2D eigenvalue weighted by atomic mass is 16.5. The maximum atomic E-state index is 11.6. The van der Waals surface area contributed by atoms with Gasteiger partial charge in [-0.15, -0.1) is 0 Å². The number of carbonyl (C=O) groups excluding carboxylic acids is 1. The van der Waals surface area contributed by atoms with Gasteiger partial charge >= 0.3 is 5.97 Å². The fraction of sp³-hybridized carbons (Fsp3) is 0.968. The number of hydrogen-bond donors (Lipinski definition) is 0. The number of methoxy groups -OCH3 is 1. The van der Waals surface area contributed by atoms with E-state index in [0.717, 1.165) is 12.8 Å². The summed E-state index contributed by atoms with van der Waals surface area (Å²) in [6.07, 6.45) is 6.33. The molecule has 3 nitrogen and oxygen atoms in total. The van der Waals surface area contributed by atoms with Crippen molar-refractivity contribution in [2.75, 3.05) is 20.3 Å². The zero-order valence-electron chi connectivity index (χ0n) is 27.4. The third-order valence-corrected chi connectivity index (χ3v) is 6.10. The van der Waals surface area contributed by atoms with Gasteiger partial charge in [-0.1, -0.05) is 143 Å².